The zero-order valence-corrected chi connectivity index (χ0v) is 18.9. The number of aldehydes is 1. The molecule has 2 aromatic carbocycles. The van der Waals surface area contributed by atoms with E-state index in [1.54, 1.807) is 0 Å². The fraction of sp³-hybridized carbons (Fsp3) is 0.500. The topological polar surface area (TPSA) is 26.3 Å². The summed E-state index contributed by atoms with van der Waals surface area (Å²) in [5.74, 6) is 1.41. The molecule has 2 fully saturated rings. The Morgan fingerprint density at radius 1 is 0.971 bits per heavy atom. The van der Waals surface area contributed by atoms with Gasteiger partial charge in [-0.25, -0.2) is 13.2 Å². The molecule has 0 aromatic heterocycles. The number of hydrogen-bond acceptors (Lipinski definition) is 2. The van der Waals surface area contributed by atoms with Crippen LogP contribution in [0.15, 0.2) is 18.2 Å². The minimum Gasteiger partial charge on any atom is -0.497 e. The number of carbonyl (C=O) groups is 1. The van der Waals surface area contributed by atoms with E-state index in [4.69, 9.17) is 4.74 Å². The summed E-state index contributed by atoms with van der Waals surface area (Å²) in [4.78, 5) is 10.7. The number of methoxy groups -OCH3 is 1. The van der Waals surface area contributed by atoms with Crippen molar-refractivity contribution in [2.24, 2.45) is 23.7 Å². The first kappa shape index (κ1) is 25.9. The third-order valence-electron chi connectivity index (χ3n) is 6.73. The zero-order valence-electron chi connectivity index (χ0n) is 18.9. The van der Waals surface area contributed by atoms with Gasteiger partial charge in [-0.3, -0.25) is 0 Å². The second-order valence-corrected chi connectivity index (χ2v) is 9.15. The van der Waals surface area contributed by atoms with E-state index < -0.39 is 34.6 Å². The average Bonchev–Trinajstić information content (AvgIpc) is 2.77. The first-order valence-corrected chi connectivity index (χ1v) is 11.2. The maximum Gasteiger partial charge on any atom is 0.458 e. The summed E-state index contributed by atoms with van der Waals surface area (Å²) in [6.45, 7) is 2.38. The van der Waals surface area contributed by atoms with Gasteiger partial charge in [0.15, 0.2) is 5.82 Å². The summed E-state index contributed by atoms with van der Waals surface area (Å²) in [6.07, 6.45) is 4.16. The van der Waals surface area contributed by atoms with Gasteiger partial charge in [0.1, 0.15) is 23.7 Å². The molecule has 4 rings (SSSR count). The zero-order chi connectivity index (χ0) is 25.0. The number of benzene rings is 2. The summed E-state index contributed by atoms with van der Waals surface area (Å²) < 4.78 is 82.1. The van der Waals surface area contributed by atoms with E-state index in [0.717, 1.165) is 42.2 Å². The standard InChI is InChI=1S/C14H6F6O.C12H20O/c1-21-8-4-7-5-10(15)9(2-3-14(18,19)20)13(17)12(7)11(16)6-8;1-9-2-4-12-7-10(8-13)3-5-11(12)6-9/h4-6H,1H3;8-12H,2-7H2,1H3. The Labute approximate surface area is 194 Å². The molecule has 2 aliphatic rings. The maximum absolute atomic E-state index is 14.0. The molecule has 2 aliphatic carbocycles. The maximum atomic E-state index is 14.0. The van der Waals surface area contributed by atoms with Crippen LogP contribution in [0.3, 0.4) is 0 Å². The number of alkyl halides is 3. The molecule has 2 nitrogen and oxygen atoms in total. The lowest BCUT2D eigenvalue weighted by Crippen LogP contribution is -2.30. The third-order valence-corrected chi connectivity index (χ3v) is 6.73. The Morgan fingerprint density at radius 3 is 2.29 bits per heavy atom. The van der Waals surface area contributed by atoms with Gasteiger partial charge in [-0.15, -0.1) is 0 Å². The Balaban J connectivity index is 0.000000212. The smallest absolute Gasteiger partial charge is 0.458 e. The molecule has 0 radical (unpaired) electrons. The van der Waals surface area contributed by atoms with Crippen LogP contribution >= 0.6 is 0 Å². The van der Waals surface area contributed by atoms with Crippen molar-refractivity contribution in [3.05, 3.63) is 41.2 Å². The fourth-order valence-corrected chi connectivity index (χ4v) is 5.04. The van der Waals surface area contributed by atoms with Gasteiger partial charge in [0.05, 0.1) is 18.1 Å². The van der Waals surface area contributed by atoms with E-state index in [1.165, 1.54) is 51.4 Å². The molecule has 184 valence electrons. The van der Waals surface area contributed by atoms with E-state index in [0.29, 0.717) is 12.0 Å². The van der Waals surface area contributed by atoms with Gasteiger partial charge in [-0.05, 0) is 67.4 Å². The highest BCUT2D eigenvalue weighted by Gasteiger charge is 2.34. The van der Waals surface area contributed by atoms with E-state index in [1.807, 2.05) is 0 Å². The van der Waals surface area contributed by atoms with E-state index >= 15 is 0 Å². The highest BCUT2D eigenvalue weighted by atomic mass is 19.4. The fourth-order valence-electron chi connectivity index (χ4n) is 5.04. The van der Waals surface area contributed by atoms with Crippen LogP contribution in [-0.4, -0.2) is 19.6 Å². The first-order chi connectivity index (χ1) is 16.0. The summed E-state index contributed by atoms with van der Waals surface area (Å²) in [6, 6.07) is 2.69. The van der Waals surface area contributed by atoms with Gasteiger partial charge < -0.3 is 9.53 Å². The van der Waals surface area contributed by atoms with Gasteiger partial charge in [0.2, 0.25) is 0 Å². The molecule has 4 unspecified atom stereocenters. The minimum absolute atomic E-state index is 0.0212. The molecule has 0 aliphatic heterocycles. The molecule has 2 aromatic rings. The van der Waals surface area contributed by atoms with Crippen molar-refractivity contribution in [2.75, 3.05) is 7.11 Å². The van der Waals surface area contributed by atoms with Crippen LogP contribution in [-0.2, 0) is 4.79 Å². The number of rotatable bonds is 2. The molecule has 2 saturated carbocycles. The van der Waals surface area contributed by atoms with Crippen LogP contribution in [0.5, 0.6) is 5.75 Å². The van der Waals surface area contributed by atoms with E-state index in [9.17, 15) is 31.1 Å². The van der Waals surface area contributed by atoms with Crippen molar-refractivity contribution in [1.82, 2.24) is 0 Å². The van der Waals surface area contributed by atoms with Gasteiger partial charge in [0.25, 0.3) is 0 Å². The van der Waals surface area contributed by atoms with Crippen molar-refractivity contribution in [3.8, 4) is 17.6 Å². The molecule has 0 spiro atoms. The summed E-state index contributed by atoms with van der Waals surface area (Å²) in [7, 11) is 1.23. The van der Waals surface area contributed by atoms with Gasteiger partial charge in [-0.2, -0.15) is 13.2 Å². The van der Waals surface area contributed by atoms with Gasteiger partial charge in [0, 0.05) is 17.9 Å². The predicted octanol–water partition coefficient (Wildman–Crippen LogP) is 7.22. The van der Waals surface area contributed by atoms with Crippen LogP contribution in [0, 0.1) is 53.0 Å². The summed E-state index contributed by atoms with van der Waals surface area (Å²) in [5.41, 5.74) is -1.14. The minimum atomic E-state index is -4.91. The summed E-state index contributed by atoms with van der Waals surface area (Å²) >= 11 is 0. The molecule has 0 bridgehead atoms. The quantitative estimate of drug-likeness (QED) is 0.256. The molecule has 34 heavy (non-hydrogen) atoms. The van der Waals surface area contributed by atoms with E-state index in [2.05, 4.69) is 6.92 Å². The molecule has 0 N–H and O–H groups in total. The number of fused-ring (bicyclic) bond motifs is 2. The highest BCUT2D eigenvalue weighted by molar-refractivity contribution is 5.86. The third kappa shape index (κ3) is 6.25. The second kappa shape index (κ2) is 10.7. The van der Waals surface area contributed by atoms with Crippen LogP contribution in [0.1, 0.15) is 51.0 Å². The normalized spacial score (nSPS) is 24.2. The molecule has 0 amide bonds. The highest BCUT2D eigenvalue weighted by Crippen LogP contribution is 2.43. The van der Waals surface area contributed by atoms with Crippen molar-refractivity contribution in [1.29, 1.82) is 0 Å². The second-order valence-electron chi connectivity index (χ2n) is 9.15. The molecule has 0 saturated heterocycles. The number of hydrogen-bond donors (Lipinski definition) is 0. The van der Waals surface area contributed by atoms with E-state index in [-0.39, 0.29) is 11.1 Å². The molecule has 4 atom stereocenters. The lowest BCUT2D eigenvalue weighted by molar-refractivity contribution is -0.113. The lowest BCUT2D eigenvalue weighted by Gasteiger charge is -2.40. The van der Waals surface area contributed by atoms with Crippen molar-refractivity contribution in [2.45, 2.75) is 51.6 Å². The number of ether oxygens (including phenoxy) is 1. The Kier molecular flexibility index (Phi) is 8.17. The molecule has 8 heteroatoms. The molecular weight excluding hydrogens is 458 g/mol. The van der Waals surface area contributed by atoms with Crippen molar-refractivity contribution < 1.29 is 35.9 Å². The monoisotopic (exact) mass is 484 g/mol. The van der Waals surface area contributed by atoms with Crippen LogP contribution in [0.25, 0.3) is 10.8 Å². The number of halogens is 6. The predicted molar refractivity (Wildman–Crippen MR) is 117 cm³/mol. The van der Waals surface area contributed by atoms with Crippen molar-refractivity contribution in [3.63, 3.8) is 0 Å². The largest absolute Gasteiger partial charge is 0.497 e. The molecule has 0 heterocycles. The lowest BCUT2D eigenvalue weighted by atomic mass is 9.65. The number of carbonyl (C=O) groups excluding carboxylic acids is 1. The first-order valence-electron chi connectivity index (χ1n) is 11.2. The Hall–Kier alpha value is -2.69. The SMILES string of the molecule is CC1CCC2CC(C=O)CCC2C1.COc1cc(F)c2c(F)c(C#CC(F)(F)F)c(F)cc2c1. The van der Waals surface area contributed by atoms with Crippen LogP contribution in [0.4, 0.5) is 26.3 Å². The van der Waals surface area contributed by atoms with Gasteiger partial charge in [-0.1, -0.05) is 19.3 Å². The average molecular weight is 484 g/mol. The summed E-state index contributed by atoms with van der Waals surface area (Å²) in [5, 5.41) is -0.830. The molecular formula is C26H26F6O2. The van der Waals surface area contributed by atoms with Gasteiger partial charge >= 0.3 is 6.18 Å². The van der Waals surface area contributed by atoms with Crippen LogP contribution in [0.2, 0.25) is 0 Å². The van der Waals surface area contributed by atoms with Crippen LogP contribution < -0.4 is 4.74 Å². The van der Waals surface area contributed by atoms with Crippen molar-refractivity contribution >= 4 is 17.1 Å². The Bertz CT molecular complexity index is 1100. The Morgan fingerprint density at radius 2 is 1.65 bits per heavy atom.